The van der Waals surface area contributed by atoms with Gasteiger partial charge in [-0.05, 0) is 50.3 Å². The number of anilines is 1. The number of benzene rings is 1. The fourth-order valence-electron chi connectivity index (χ4n) is 4.13. The normalized spacial score (nSPS) is 25.8. The number of hydrogen-bond acceptors (Lipinski definition) is 5. The number of nitriles is 1. The number of carbonyl (C=O) groups is 2. The Kier molecular flexibility index (Phi) is 5.31. The number of amides is 1. The van der Waals surface area contributed by atoms with Crippen LogP contribution >= 0.6 is 11.6 Å². The van der Waals surface area contributed by atoms with Crippen molar-refractivity contribution in [1.82, 2.24) is 5.32 Å². The van der Waals surface area contributed by atoms with E-state index in [1.807, 2.05) is 12.1 Å². The van der Waals surface area contributed by atoms with Crippen LogP contribution in [0.4, 0.5) is 5.69 Å². The lowest BCUT2D eigenvalue weighted by Crippen LogP contribution is -2.39. The number of Topliss-reactive ketones (excluding diaryl/α,β-unsaturated/α-hetero) is 1. The molecule has 0 radical (unpaired) electrons. The van der Waals surface area contributed by atoms with Gasteiger partial charge >= 0.3 is 0 Å². The van der Waals surface area contributed by atoms with E-state index < -0.39 is 5.54 Å². The molecule has 1 heterocycles. The third kappa shape index (κ3) is 3.87. The van der Waals surface area contributed by atoms with E-state index in [9.17, 15) is 9.59 Å². The van der Waals surface area contributed by atoms with E-state index in [1.165, 1.54) is 0 Å². The van der Waals surface area contributed by atoms with Crippen LogP contribution in [-0.4, -0.2) is 43.5 Å². The molecule has 1 aromatic carbocycles. The minimum atomic E-state index is -0.655. The van der Waals surface area contributed by atoms with E-state index in [2.05, 4.69) is 16.3 Å². The van der Waals surface area contributed by atoms with Gasteiger partial charge in [0.2, 0.25) is 5.91 Å². The molecule has 4 rings (SSSR count). The summed E-state index contributed by atoms with van der Waals surface area (Å²) in [4.78, 5) is 27.6. The molecule has 2 saturated carbocycles. The highest BCUT2D eigenvalue weighted by Gasteiger charge is 2.46. The number of carbonyl (C=O) groups excluding carboxylic acids is 2. The number of halogens is 1. The van der Waals surface area contributed by atoms with E-state index in [-0.39, 0.29) is 23.5 Å². The summed E-state index contributed by atoms with van der Waals surface area (Å²) in [5.74, 6) is -0.482. The second-order valence-electron chi connectivity index (χ2n) is 8.02. The van der Waals surface area contributed by atoms with Crippen molar-refractivity contribution in [2.45, 2.75) is 37.6 Å². The van der Waals surface area contributed by atoms with Gasteiger partial charge in [-0.15, -0.1) is 0 Å². The lowest BCUT2D eigenvalue weighted by molar-refractivity contribution is -0.125. The van der Waals surface area contributed by atoms with E-state index in [0.717, 1.165) is 31.6 Å². The predicted octanol–water partition coefficient (Wildman–Crippen LogP) is 2.95. The van der Waals surface area contributed by atoms with Crippen molar-refractivity contribution in [3.63, 3.8) is 0 Å². The summed E-state index contributed by atoms with van der Waals surface area (Å²) in [6, 6.07) is 7.77. The molecule has 3 fully saturated rings. The summed E-state index contributed by atoms with van der Waals surface area (Å²) in [6.07, 6.45) is 3.31. The smallest absolute Gasteiger partial charge is 0.224 e. The van der Waals surface area contributed by atoms with Crippen LogP contribution in [0.15, 0.2) is 18.2 Å². The van der Waals surface area contributed by atoms with Crippen molar-refractivity contribution in [1.29, 1.82) is 5.26 Å². The van der Waals surface area contributed by atoms with Crippen LogP contribution in [0, 0.1) is 23.2 Å². The van der Waals surface area contributed by atoms with Crippen molar-refractivity contribution < 1.29 is 14.3 Å². The maximum absolute atomic E-state index is 13.0. The molecule has 28 heavy (non-hydrogen) atoms. The Morgan fingerprint density at radius 2 is 1.93 bits per heavy atom. The van der Waals surface area contributed by atoms with E-state index >= 15 is 0 Å². The number of rotatable bonds is 5. The van der Waals surface area contributed by atoms with Gasteiger partial charge < -0.3 is 15.0 Å². The summed E-state index contributed by atoms with van der Waals surface area (Å²) in [5.41, 5.74) is 0.873. The van der Waals surface area contributed by atoms with Gasteiger partial charge in [0, 0.05) is 36.2 Å². The minimum Gasteiger partial charge on any atom is -0.378 e. The Morgan fingerprint density at radius 1 is 1.21 bits per heavy atom. The van der Waals surface area contributed by atoms with Gasteiger partial charge in [0.1, 0.15) is 5.54 Å². The van der Waals surface area contributed by atoms with Crippen LogP contribution < -0.4 is 10.2 Å². The zero-order valence-electron chi connectivity index (χ0n) is 15.7. The van der Waals surface area contributed by atoms with E-state index in [4.69, 9.17) is 21.6 Å². The van der Waals surface area contributed by atoms with Gasteiger partial charge in [0.15, 0.2) is 5.78 Å². The van der Waals surface area contributed by atoms with Gasteiger partial charge in [-0.3, -0.25) is 9.59 Å². The van der Waals surface area contributed by atoms with Crippen LogP contribution in [0.25, 0.3) is 0 Å². The maximum atomic E-state index is 13.0. The topological polar surface area (TPSA) is 82.4 Å². The average molecular weight is 402 g/mol. The molecule has 6 nitrogen and oxygen atoms in total. The van der Waals surface area contributed by atoms with E-state index in [0.29, 0.717) is 43.1 Å². The van der Waals surface area contributed by atoms with Gasteiger partial charge in [0.05, 0.1) is 24.3 Å². The van der Waals surface area contributed by atoms with Crippen molar-refractivity contribution in [2.75, 3.05) is 31.2 Å². The summed E-state index contributed by atoms with van der Waals surface area (Å²) in [6.45, 7) is 3.01. The van der Waals surface area contributed by atoms with Crippen molar-refractivity contribution in [3.05, 3.63) is 28.8 Å². The van der Waals surface area contributed by atoms with Gasteiger partial charge in [0.25, 0.3) is 0 Å². The molecule has 2 unspecified atom stereocenters. The Labute approximate surface area is 169 Å². The van der Waals surface area contributed by atoms with E-state index in [1.54, 1.807) is 6.07 Å². The first-order valence-corrected chi connectivity index (χ1v) is 10.3. The standard InChI is InChI=1S/C21H24ClN3O3/c22-18-12-16(25-7-9-28-10-8-25)3-4-17(18)19(26)14-1-2-15(11-14)20(27)24-21(13-23)5-6-21/h3-4,12,14-15H,1-2,5-11H2,(H,24,27). The quantitative estimate of drug-likeness (QED) is 0.767. The zero-order valence-corrected chi connectivity index (χ0v) is 16.5. The first-order chi connectivity index (χ1) is 13.5. The Balaban J connectivity index is 1.39. The van der Waals surface area contributed by atoms with Crippen LogP contribution in [-0.2, 0) is 9.53 Å². The second kappa shape index (κ2) is 7.73. The molecule has 2 aliphatic carbocycles. The highest BCUT2D eigenvalue weighted by molar-refractivity contribution is 6.34. The highest BCUT2D eigenvalue weighted by atomic mass is 35.5. The predicted molar refractivity (Wildman–Crippen MR) is 105 cm³/mol. The SMILES string of the molecule is N#CC1(NC(=O)C2CCC(C(=O)c3ccc(N4CCOCC4)cc3Cl)C2)CC1. The van der Waals surface area contributed by atoms with Gasteiger partial charge in [-0.2, -0.15) is 5.26 Å². The molecular weight excluding hydrogens is 378 g/mol. The largest absolute Gasteiger partial charge is 0.378 e. The molecule has 0 bridgehead atoms. The van der Waals surface area contributed by atoms with Crippen LogP contribution in [0.5, 0.6) is 0 Å². The molecule has 148 valence electrons. The molecule has 0 spiro atoms. The molecular formula is C21H24ClN3O3. The number of hydrogen-bond donors (Lipinski definition) is 1. The Bertz CT molecular complexity index is 825. The number of nitrogens with one attached hydrogen (secondary N) is 1. The average Bonchev–Trinajstić information content (AvgIpc) is 3.31. The zero-order chi connectivity index (χ0) is 19.7. The fraction of sp³-hybridized carbons (Fsp3) is 0.571. The maximum Gasteiger partial charge on any atom is 0.224 e. The molecule has 2 atom stereocenters. The number of ketones is 1. The van der Waals surface area contributed by atoms with Crippen LogP contribution in [0.2, 0.25) is 5.02 Å². The molecule has 1 aliphatic heterocycles. The van der Waals surface area contributed by atoms with Crippen molar-refractivity contribution in [3.8, 4) is 6.07 Å². The third-order valence-corrected chi connectivity index (χ3v) is 6.41. The minimum absolute atomic E-state index is 0.00949. The number of morpholine rings is 1. The summed E-state index contributed by atoms with van der Waals surface area (Å²) >= 11 is 6.44. The lowest BCUT2D eigenvalue weighted by atomic mass is 9.94. The van der Waals surface area contributed by atoms with Crippen LogP contribution in [0.1, 0.15) is 42.5 Å². The monoisotopic (exact) mass is 401 g/mol. The molecule has 1 saturated heterocycles. The molecule has 0 aromatic heterocycles. The first kappa shape index (κ1) is 19.2. The lowest BCUT2D eigenvalue weighted by Gasteiger charge is -2.29. The van der Waals surface area contributed by atoms with Crippen molar-refractivity contribution in [2.24, 2.45) is 11.8 Å². The van der Waals surface area contributed by atoms with Crippen LogP contribution in [0.3, 0.4) is 0 Å². The summed E-state index contributed by atoms with van der Waals surface area (Å²) in [7, 11) is 0. The number of ether oxygens (including phenoxy) is 1. The fourth-order valence-corrected chi connectivity index (χ4v) is 4.40. The van der Waals surface area contributed by atoms with Gasteiger partial charge in [-0.25, -0.2) is 0 Å². The summed E-state index contributed by atoms with van der Waals surface area (Å²) in [5, 5.41) is 12.5. The molecule has 1 amide bonds. The molecule has 1 N–H and O–H groups in total. The number of nitrogens with zero attached hydrogens (tertiary/aromatic N) is 2. The molecule has 1 aromatic rings. The molecule has 3 aliphatic rings. The van der Waals surface area contributed by atoms with Crippen molar-refractivity contribution >= 4 is 29.0 Å². The highest BCUT2D eigenvalue weighted by Crippen LogP contribution is 2.38. The van der Waals surface area contributed by atoms with Gasteiger partial charge in [-0.1, -0.05) is 11.6 Å². The second-order valence-corrected chi connectivity index (χ2v) is 8.43. The third-order valence-electron chi connectivity index (χ3n) is 6.10. The summed E-state index contributed by atoms with van der Waals surface area (Å²) < 4.78 is 5.37. The molecule has 7 heteroatoms. The Hall–Kier alpha value is -2.10. The first-order valence-electron chi connectivity index (χ1n) is 9.91. The Morgan fingerprint density at radius 3 is 2.57 bits per heavy atom.